The Labute approximate surface area is 109 Å². The molecular weight excluding hydrogens is 314 g/mol. The van der Waals surface area contributed by atoms with Gasteiger partial charge in [0.25, 0.3) is 0 Å². The van der Waals surface area contributed by atoms with Gasteiger partial charge in [0.05, 0.1) is 5.75 Å². The average molecular weight is 327 g/mol. The van der Waals surface area contributed by atoms with Crippen LogP contribution in [0.15, 0.2) is 28.7 Å². The maximum atomic E-state index is 11.6. The highest BCUT2D eigenvalue weighted by Crippen LogP contribution is 2.15. The summed E-state index contributed by atoms with van der Waals surface area (Å²) >= 11 is 8.77. The quantitative estimate of drug-likeness (QED) is 0.644. The molecule has 16 heavy (non-hydrogen) atoms. The van der Waals surface area contributed by atoms with E-state index in [4.69, 9.17) is 11.6 Å². The molecule has 0 saturated carbocycles. The first-order valence-corrected chi connectivity index (χ1v) is 7.83. The first kappa shape index (κ1) is 13.8. The number of hydrogen-bond acceptors (Lipinski definition) is 2. The maximum absolute atomic E-state index is 11.6. The third kappa shape index (κ3) is 5.18. The highest BCUT2D eigenvalue weighted by atomic mass is 79.9. The number of halogens is 2. The molecule has 0 aromatic heterocycles. The summed E-state index contributed by atoms with van der Waals surface area (Å²) in [5.41, 5.74) is 0.578. The van der Waals surface area contributed by atoms with E-state index in [1.165, 1.54) is 0 Å². The molecule has 0 fully saturated rings. The smallest absolute Gasteiger partial charge is 0.232 e. The van der Waals surface area contributed by atoms with E-state index in [1.807, 2.05) is 0 Å². The minimum Gasteiger partial charge on any atom is -0.284 e. The van der Waals surface area contributed by atoms with Crippen LogP contribution < -0.4 is 4.72 Å². The molecule has 1 N–H and O–H groups in total. The Morgan fingerprint density at radius 3 is 2.38 bits per heavy atom. The van der Waals surface area contributed by atoms with Crippen LogP contribution in [0.5, 0.6) is 0 Å². The van der Waals surface area contributed by atoms with Crippen LogP contribution in [0, 0.1) is 0 Å². The number of benzene rings is 1. The maximum Gasteiger partial charge on any atom is 0.232 e. The summed E-state index contributed by atoms with van der Waals surface area (Å²) < 4.78 is 26.6. The molecule has 0 radical (unpaired) electrons. The lowest BCUT2D eigenvalue weighted by molar-refractivity contribution is 0.598. The van der Waals surface area contributed by atoms with Gasteiger partial charge in [-0.3, -0.25) is 4.72 Å². The van der Waals surface area contributed by atoms with Crippen molar-refractivity contribution in [1.82, 2.24) is 0 Å². The van der Waals surface area contributed by atoms with Crippen LogP contribution in [0.3, 0.4) is 0 Å². The molecule has 0 atom stereocenters. The molecule has 1 aromatic rings. The molecule has 90 valence electrons. The Morgan fingerprint density at radius 1 is 1.19 bits per heavy atom. The van der Waals surface area contributed by atoms with Crippen molar-refractivity contribution in [2.75, 3.05) is 16.4 Å². The topological polar surface area (TPSA) is 46.2 Å². The molecule has 1 rings (SSSR count). The standard InChI is InChI=1S/C10H13BrClNO2S/c11-9-3-5-10(6-4-9)13-16(14,15)8-2-1-7-12/h3-6,13H,1-2,7-8H2. The summed E-state index contributed by atoms with van der Waals surface area (Å²) in [6, 6.07) is 7.00. The van der Waals surface area contributed by atoms with Gasteiger partial charge in [-0.1, -0.05) is 15.9 Å². The van der Waals surface area contributed by atoms with E-state index in [0.29, 0.717) is 24.4 Å². The fourth-order valence-electron chi connectivity index (χ4n) is 1.14. The molecule has 0 aliphatic rings. The van der Waals surface area contributed by atoms with Gasteiger partial charge in [-0.05, 0) is 37.1 Å². The molecule has 1 aromatic carbocycles. The van der Waals surface area contributed by atoms with E-state index in [9.17, 15) is 8.42 Å². The Balaban J connectivity index is 2.55. The lowest BCUT2D eigenvalue weighted by Gasteiger charge is -2.07. The van der Waals surface area contributed by atoms with Crippen molar-refractivity contribution in [3.05, 3.63) is 28.7 Å². The number of rotatable bonds is 6. The van der Waals surface area contributed by atoms with Gasteiger partial charge in [0, 0.05) is 16.0 Å². The molecule has 0 spiro atoms. The third-order valence-electron chi connectivity index (χ3n) is 1.91. The summed E-state index contributed by atoms with van der Waals surface area (Å²) in [6.45, 7) is 0. The average Bonchev–Trinajstić information content (AvgIpc) is 2.21. The molecule has 0 bridgehead atoms. The summed E-state index contributed by atoms with van der Waals surface area (Å²) in [5.74, 6) is 0.601. The van der Waals surface area contributed by atoms with E-state index in [-0.39, 0.29) is 5.75 Å². The molecule has 0 saturated heterocycles. The number of nitrogens with one attached hydrogen (secondary N) is 1. The fourth-order valence-corrected chi connectivity index (χ4v) is 2.77. The Hall–Kier alpha value is -0.260. The molecule has 6 heteroatoms. The van der Waals surface area contributed by atoms with Crippen molar-refractivity contribution in [3.8, 4) is 0 Å². The zero-order valence-corrected chi connectivity index (χ0v) is 11.8. The normalized spacial score (nSPS) is 11.4. The SMILES string of the molecule is O=S(=O)(CCCCCl)Nc1ccc(Br)cc1. The number of alkyl halides is 1. The Kier molecular flexibility index (Phi) is 5.58. The van der Waals surface area contributed by atoms with Crippen LogP contribution in [0.25, 0.3) is 0 Å². The minimum atomic E-state index is -3.24. The Bertz CT molecular complexity index is 419. The van der Waals surface area contributed by atoms with Crippen LogP contribution in [-0.2, 0) is 10.0 Å². The van der Waals surface area contributed by atoms with Gasteiger partial charge >= 0.3 is 0 Å². The lowest BCUT2D eigenvalue weighted by atomic mass is 10.3. The van der Waals surface area contributed by atoms with Crippen LogP contribution >= 0.6 is 27.5 Å². The van der Waals surface area contributed by atoms with E-state index in [0.717, 1.165) is 4.47 Å². The second-order valence-electron chi connectivity index (χ2n) is 3.32. The molecule has 3 nitrogen and oxygen atoms in total. The van der Waals surface area contributed by atoms with Crippen molar-refractivity contribution in [2.45, 2.75) is 12.8 Å². The molecule has 0 unspecified atom stereocenters. The molecule has 0 aliphatic heterocycles. The van der Waals surface area contributed by atoms with Crippen LogP contribution in [0.4, 0.5) is 5.69 Å². The fraction of sp³-hybridized carbons (Fsp3) is 0.400. The summed E-state index contributed by atoms with van der Waals surface area (Å²) in [7, 11) is -3.24. The number of hydrogen-bond donors (Lipinski definition) is 1. The minimum absolute atomic E-state index is 0.107. The van der Waals surface area contributed by atoms with Gasteiger partial charge in [0.15, 0.2) is 0 Å². The van der Waals surface area contributed by atoms with Crippen molar-refractivity contribution in [3.63, 3.8) is 0 Å². The second kappa shape index (κ2) is 6.47. The van der Waals surface area contributed by atoms with E-state index >= 15 is 0 Å². The van der Waals surface area contributed by atoms with Gasteiger partial charge in [-0.2, -0.15) is 0 Å². The van der Waals surface area contributed by atoms with Crippen molar-refractivity contribution < 1.29 is 8.42 Å². The first-order valence-electron chi connectivity index (χ1n) is 4.85. The van der Waals surface area contributed by atoms with Crippen molar-refractivity contribution in [1.29, 1.82) is 0 Å². The Morgan fingerprint density at radius 2 is 1.81 bits per heavy atom. The van der Waals surface area contributed by atoms with Gasteiger partial charge in [-0.15, -0.1) is 11.6 Å². The highest BCUT2D eigenvalue weighted by Gasteiger charge is 2.09. The summed E-state index contributed by atoms with van der Waals surface area (Å²) in [6.07, 6.45) is 1.29. The molecular formula is C10H13BrClNO2S. The summed E-state index contributed by atoms with van der Waals surface area (Å²) in [5, 5.41) is 0. The largest absolute Gasteiger partial charge is 0.284 e. The van der Waals surface area contributed by atoms with E-state index < -0.39 is 10.0 Å². The zero-order chi connectivity index (χ0) is 12.0. The van der Waals surface area contributed by atoms with Crippen molar-refractivity contribution in [2.24, 2.45) is 0 Å². The first-order chi connectivity index (χ1) is 7.53. The second-order valence-corrected chi connectivity index (χ2v) is 6.46. The van der Waals surface area contributed by atoms with Gasteiger partial charge in [0.2, 0.25) is 10.0 Å². The van der Waals surface area contributed by atoms with Crippen LogP contribution in [-0.4, -0.2) is 20.1 Å². The molecule has 0 heterocycles. The molecule has 0 amide bonds. The van der Waals surface area contributed by atoms with Crippen molar-refractivity contribution >= 4 is 43.2 Å². The lowest BCUT2D eigenvalue weighted by Crippen LogP contribution is -2.16. The highest BCUT2D eigenvalue weighted by molar-refractivity contribution is 9.10. The molecule has 0 aliphatic carbocycles. The monoisotopic (exact) mass is 325 g/mol. The van der Waals surface area contributed by atoms with Crippen LogP contribution in [0.2, 0.25) is 0 Å². The van der Waals surface area contributed by atoms with E-state index in [2.05, 4.69) is 20.7 Å². The number of sulfonamides is 1. The third-order valence-corrected chi connectivity index (χ3v) is 4.08. The van der Waals surface area contributed by atoms with Crippen LogP contribution in [0.1, 0.15) is 12.8 Å². The van der Waals surface area contributed by atoms with Gasteiger partial charge in [-0.25, -0.2) is 8.42 Å². The van der Waals surface area contributed by atoms with Gasteiger partial charge in [0.1, 0.15) is 0 Å². The number of anilines is 1. The van der Waals surface area contributed by atoms with E-state index in [1.54, 1.807) is 24.3 Å². The summed E-state index contributed by atoms with van der Waals surface area (Å²) in [4.78, 5) is 0. The van der Waals surface area contributed by atoms with Gasteiger partial charge < -0.3 is 0 Å². The predicted molar refractivity (Wildman–Crippen MR) is 71.5 cm³/mol. The number of unbranched alkanes of at least 4 members (excludes halogenated alkanes) is 1. The zero-order valence-electron chi connectivity index (χ0n) is 8.62. The predicted octanol–water partition coefficient (Wildman–Crippen LogP) is 3.21.